The van der Waals surface area contributed by atoms with Gasteiger partial charge >= 0.3 is 6.03 Å². The Morgan fingerprint density at radius 2 is 2.00 bits per heavy atom. The lowest BCUT2D eigenvalue weighted by Crippen LogP contribution is -2.38. The van der Waals surface area contributed by atoms with E-state index in [2.05, 4.69) is 5.32 Å². The van der Waals surface area contributed by atoms with Gasteiger partial charge in [0.1, 0.15) is 0 Å². The van der Waals surface area contributed by atoms with Gasteiger partial charge in [-0.1, -0.05) is 0 Å². The summed E-state index contributed by atoms with van der Waals surface area (Å²) in [4.78, 5) is 12.3. The molecule has 3 nitrogen and oxygen atoms in total. The Kier molecular flexibility index (Phi) is 3.06. The highest BCUT2D eigenvalue weighted by Gasteiger charge is 2.02. The average molecular weight is 132 g/mol. The second-order valence-corrected chi connectivity index (χ2v) is 2.50. The van der Waals surface area contributed by atoms with Gasteiger partial charge in [0.2, 0.25) is 0 Å². The molecule has 0 fully saturated rings. The van der Waals surface area contributed by atoms with Crippen LogP contribution in [0.15, 0.2) is 0 Å². The molecule has 56 valence electrons. The molecule has 0 saturated heterocycles. The van der Waals surface area contributed by atoms with E-state index in [-0.39, 0.29) is 13.5 Å². The minimum Gasteiger partial charge on any atom is -0.336 e. The number of urea groups is 1. The van der Waals surface area contributed by atoms with Gasteiger partial charge in [-0.15, -0.1) is 0 Å². The van der Waals surface area contributed by atoms with Crippen LogP contribution < -0.4 is 5.32 Å². The maximum atomic E-state index is 10.8. The number of carbonyl (C=O) groups is 1. The second kappa shape index (κ2) is 3.33. The van der Waals surface area contributed by atoms with Crippen molar-refractivity contribution in [3.05, 3.63) is 0 Å². The van der Waals surface area contributed by atoms with Crippen molar-refractivity contribution in [3.8, 4) is 0 Å². The van der Waals surface area contributed by atoms with Gasteiger partial charge in [0, 0.05) is 21.6 Å². The number of carbonyl (C=O) groups excluding carboxylic acids is 1. The first-order valence-electron chi connectivity index (χ1n) is 3.02. The van der Waals surface area contributed by atoms with Crippen LogP contribution in [0.4, 0.5) is 4.79 Å². The van der Waals surface area contributed by atoms with Crippen LogP contribution in [-0.2, 0) is 0 Å². The Labute approximate surface area is 57.5 Å². The maximum Gasteiger partial charge on any atom is 0.317 e. The number of rotatable bonds is 1. The Morgan fingerprint density at radius 3 is 2.11 bits per heavy atom. The van der Waals surface area contributed by atoms with Crippen LogP contribution in [0.1, 0.15) is 15.3 Å². The van der Waals surface area contributed by atoms with E-state index in [0.29, 0.717) is 0 Å². The molecular weight excluding hydrogens is 116 g/mol. The molecule has 2 amide bonds. The highest BCUT2D eigenvalue weighted by molar-refractivity contribution is 5.73. The topological polar surface area (TPSA) is 32.3 Å². The summed E-state index contributed by atoms with van der Waals surface area (Å²) in [6.07, 6.45) is 0. The highest BCUT2D eigenvalue weighted by Crippen LogP contribution is 1.80. The van der Waals surface area contributed by atoms with E-state index in [1.165, 1.54) is 4.90 Å². The monoisotopic (exact) mass is 132 g/mol. The molecule has 0 aliphatic heterocycles. The van der Waals surface area contributed by atoms with Crippen molar-refractivity contribution in [2.24, 2.45) is 0 Å². The van der Waals surface area contributed by atoms with Crippen LogP contribution in [0.2, 0.25) is 0 Å². The molecule has 0 spiro atoms. The standard InChI is InChI=1S/C6H14N2O.H2/c1-5(2)7-6(9)8(3)4;/h5H,1-4H3,(H,7,9);1H. The fourth-order valence-electron chi connectivity index (χ4n) is 0.376. The van der Waals surface area contributed by atoms with Gasteiger partial charge in [0.05, 0.1) is 0 Å². The molecule has 0 aliphatic carbocycles. The van der Waals surface area contributed by atoms with E-state index in [9.17, 15) is 4.79 Å². The fraction of sp³-hybridized carbons (Fsp3) is 0.833. The van der Waals surface area contributed by atoms with Crippen molar-refractivity contribution in [2.45, 2.75) is 19.9 Å². The number of amides is 2. The molecular formula is C6H16N2O. The molecule has 0 saturated carbocycles. The largest absolute Gasteiger partial charge is 0.336 e. The third-order valence-corrected chi connectivity index (χ3v) is 0.818. The Hall–Kier alpha value is -0.730. The molecule has 0 aromatic heterocycles. The molecule has 0 rings (SSSR count). The van der Waals surface area contributed by atoms with Crippen LogP contribution in [0.3, 0.4) is 0 Å². The van der Waals surface area contributed by atoms with Crippen LogP contribution in [0.5, 0.6) is 0 Å². The summed E-state index contributed by atoms with van der Waals surface area (Å²) in [6, 6.07) is 0.185. The summed E-state index contributed by atoms with van der Waals surface area (Å²) in [5.74, 6) is 0. The maximum absolute atomic E-state index is 10.8. The molecule has 3 heteroatoms. The summed E-state index contributed by atoms with van der Waals surface area (Å²) in [6.45, 7) is 3.86. The van der Waals surface area contributed by atoms with Gasteiger partial charge in [0.25, 0.3) is 0 Å². The third kappa shape index (κ3) is 3.82. The number of hydrogen-bond donors (Lipinski definition) is 1. The van der Waals surface area contributed by atoms with Crippen molar-refractivity contribution in [1.29, 1.82) is 0 Å². The van der Waals surface area contributed by atoms with E-state index in [0.717, 1.165) is 0 Å². The summed E-state index contributed by atoms with van der Waals surface area (Å²) < 4.78 is 0. The highest BCUT2D eigenvalue weighted by atomic mass is 16.2. The van der Waals surface area contributed by atoms with Crippen molar-refractivity contribution in [2.75, 3.05) is 14.1 Å². The van der Waals surface area contributed by atoms with Crippen molar-refractivity contribution in [3.63, 3.8) is 0 Å². The quantitative estimate of drug-likeness (QED) is 0.565. The van der Waals surface area contributed by atoms with Crippen LogP contribution in [0, 0.1) is 0 Å². The summed E-state index contributed by atoms with van der Waals surface area (Å²) in [5, 5.41) is 2.73. The zero-order chi connectivity index (χ0) is 7.44. The molecule has 0 bridgehead atoms. The van der Waals surface area contributed by atoms with Gasteiger partial charge in [-0.05, 0) is 13.8 Å². The number of nitrogens with zero attached hydrogens (tertiary/aromatic N) is 1. The fourth-order valence-corrected chi connectivity index (χ4v) is 0.376. The van der Waals surface area contributed by atoms with Gasteiger partial charge in [-0.25, -0.2) is 4.79 Å². The van der Waals surface area contributed by atoms with Gasteiger partial charge in [0.15, 0.2) is 0 Å². The zero-order valence-electron chi connectivity index (χ0n) is 6.43. The van der Waals surface area contributed by atoms with E-state index >= 15 is 0 Å². The molecule has 0 unspecified atom stereocenters. The Morgan fingerprint density at radius 1 is 1.56 bits per heavy atom. The van der Waals surface area contributed by atoms with Crippen LogP contribution >= 0.6 is 0 Å². The summed E-state index contributed by atoms with van der Waals surface area (Å²) in [5.41, 5.74) is 0. The normalized spacial score (nSPS) is 9.44. The molecule has 0 heterocycles. The zero-order valence-corrected chi connectivity index (χ0v) is 6.43. The van der Waals surface area contributed by atoms with Crippen molar-refractivity contribution < 1.29 is 6.22 Å². The Bertz CT molecular complexity index is 104. The molecule has 0 atom stereocenters. The van der Waals surface area contributed by atoms with Crippen LogP contribution in [0.25, 0.3) is 0 Å². The van der Waals surface area contributed by atoms with Gasteiger partial charge in [-0.2, -0.15) is 0 Å². The first kappa shape index (κ1) is 8.27. The summed E-state index contributed by atoms with van der Waals surface area (Å²) in [7, 11) is 3.44. The molecule has 1 N–H and O–H groups in total. The lowest BCUT2D eigenvalue weighted by molar-refractivity contribution is 0.215. The second-order valence-electron chi connectivity index (χ2n) is 2.50. The van der Waals surface area contributed by atoms with E-state index < -0.39 is 0 Å². The molecule has 9 heavy (non-hydrogen) atoms. The predicted molar refractivity (Wildman–Crippen MR) is 39.5 cm³/mol. The lowest BCUT2D eigenvalue weighted by Gasteiger charge is -2.13. The minimum atomic E-state index is -0.0370. The first-order valence-corrected chi connectivity index (χ1v) is 3.02. The molecule has 0 aromatic carbocycles. The van der Waals surface area contributed by atoms with Crippen LogP contribution in [-0.4, -0.2) is 31.1 Å². The number of nitrogens with one attached hydrogen (secondary N) is 1. The van der Waals surface area contributed by atoms with E-state index in [1.807, 2.05) is 13.8 Å². The van der Waals surface area contributed by atoms with Crippen molar-refractivity contribution in [1.82, 2.24) is 10.2 Å². The minimum absolute atomic E-state index is 0. The smallest absolute Gasteiger partial charge is 0.317 e. The van der Waals surface area contributed by atoms with E-state index in [1.54, 1.807) is 14.1 Å². The first-order chi connectivity index (χ1) is 4.04. The Balaban J connectivity index is 0. The third-order valence-electron chi connectivity index (χ3n) is 0.818. The molecule has 0 aromatic rings. The lowest BCUT2D eigenvalue weighted by atomic mass is 10.4. The summed E-state index contributed by atoms with van der Waals surface area (Å²) >= 11 is 0. The average Bonchev–Trinajstić information content (AvgIpc) is 1.63. The molecule has 0 radical (unpaired) electrons. The van der Waals surface area contributed by atoms with Crippen molar-refractivity contribution >= 4 is 6.03 Å². The van der Waals surface area contributed by atoms with Gasteiger partial charge in [-0.3, -0.25) is 0 Å². The number of hydrogen-bond acceptors (Lipinski definition) is 1. The van der Waals surface area contributed by atoms with E-state index in [4.69, 9.17) is 0 Å². The predicted octanol–water partition coefficient (Wildman–Crippen LogP) is 0.912. The van der Waals surface area contributed by atoms with Gasteiger partial charge < -0.3 is 10.2 Å². The molecule has 0 aliphatic rings. The SMILES string of the molecule is CC(C)NC(=O)N(C)C.[HH].